The smallest absolute Gasteiger partial charge is 0.411 e. The second kappa shape index (κ2) is 10.9. The molecule has 12 nitrogen and oxygen atoms in total. The first kappa shape index (κ1) is 30.4. The first-order valence-corrected chi connectivity index (χ1v) is 16.2. The van der Waals surface area contributed by atoms with Crippen LogP contribution in [0.3, 0.4) is 0 Å². The lowest BCUT2D eigenvalue weighted by atomic mass is 10.1. The van der Waals surface area contributed by atoms with Crippen molar-refractivity contribution in [3.8, 4) is 0 Å². The number of likely N-dealkylation sites (tertiary alicyclic amines) is 1. The van der Waals surface area contributed by atoms with E-state index in [0.29, 0.717) is 30.8 Å². The Morgan fingerprint density at radius 2 is 1.83 bits per heavy atom. The van der Waals surface area contributed by atoms with Crippen molar-refractivity contribution in [1.82, 2.24) is 19.8 Å². The summed E-state index contributed by atoms with van der Waals surface area (Å²) in [4.78, 5) is 55.8. The van der Waals surface area contributed by atoms with Gasteiger partial charge in [-0.1, -0.05) is 37.1 Å². The number of benzene rings is 1. The van der Waals surface area contributed by atoms with E-state index >= 15 is 0 Å². The number of amides is 4. The maximum absolute atomic E-state index is 13.7. The van der Waals surface area contributed by atoms with Gasteiger partial charge in [0, 0.05) is 18.0 Å². The van der Waals surface area contributed by atoms with E-state index in [1.165, 1.54) is 9.80 Å². The zero-order valence-corrected chi connectivity index (χ0v) is 25.7. The second-order valence-corrected chi connectivity index (χ2v) is 14.9. The molecule has 2 aliphatic heterocycles. The molecule has 42 heavy (non-hydrogen) atoms. The van der Waals surface area contributed by atoms with Crippen molar-refractivity contribution < 1.29 is 37.1 Å². The average molecular weight is 625 g/mol. The number of nitrogens with one attached hydrogen (secondary N) is 2. The lowest BCUT2D eigenvalue weighted by Gasteiger charge is -2.29. The summed E-state index contributed by atoms with van der Waals surface area (Å²) < 4.78 is 38.3. The fourth-order valence-electron chi connectivity index (χ4n) is 5.68. The van der Waals surface area contributed by atoms with Crippen molar-refractivity contribution in [3.05, 3.63) is 34.3 Å². The third-order valence-corrected chi connectivity index (χ3v) is 10.4. The van der Waals surface area contributed by atoms with Gasteiger partial charge in [0.05, 0.1) is 18.3 Å². The highest BCUT2D eigenvalue weighted by atomic mass is 35.5. The van der Waals surface area contributed by atoms with Gasteiger partial charge in [-0.2, -0.15) is 0 Å². The predicted molar refractivity (Wildman–Crippen MR) is 152 cm³/mol. The summed E-state index contributed by atoms with van der Waals surface area (Å²) in [6.07, 6.45) is -0.414. The average Bonchev–Trinajstić information content (AvgIpc) is 3.78. The number of rotatable bonds is 7. The lowest BCUT2D eigenvalue weighted by molar-refractivity contribution is -0.132. The van der Waals surface area contributed by atoms with Gasteiger partial charge in [0.2, 0.25) is 15.9 Å². The van der Waals surface area contributed by atoms with Crippen LogP contribution in [0.15, 0.2) is 18.2 Å². The SMILES string of the molecule is CCC1CC1(NC(=O)C1CC(OC(=O)N2Cc3cccc(Cl)c3C2)CN1C(=O)OC(C)(C)C)C(=O)NS(=O)(=O)C1CC1. The predicted octanol–water partition coefficient (Wildman–Crippen LogP) is 3.06. The van der Waals surface area contributed by atoms with Crippen LogP contribution in [0, 0.1) is 5.92 Å². The van der Waals surface area contributed by atoms with Gasteiger partial charge in [-0.3, -0.25) is 24.1 Å². The fourth-order valence-corrected chi connectivity index (χ4v) is 7.29. The molecule has 3 fully saturated rings. The molecule has 1 aromatic rings. The zero-order chi connectivity index (χ0) is 30.6. The normalized spacial score (nSPS) is 26.8. The maximum Gasteiger partial charge on any atom is 0.411 e. The van der Waals surface area contributed by atoms with Gasteiger partial charge >= 0.3 is 12.2 Å². The summed E-state index contributed by atoms with van der Waals surface area (Å²) in [5, 5.41) is 2.72. The minimum Gasteiger partial charge on any atom is -0.444 e. The molecule has 2 saturated carbocycles. The molecule has 2 aliphatic carbocycles. The Labute approximate surface area is 250 Å². The zero-order valence-electron chi connectivity index (χ0n) is 24.1. The van der Waals surface area contributed by atoms with Gasteiger partial charge in [-0.25, -0.2) is 18.0 Å². The minimum atomic E-state index is -3.82. The van der Waals surface area contributed by atoms with Crippen molar-refractivity contribution in [2.24, 2.45) is 5.92 Å². The van der Waals surface area contributed by atoms with Crippen LogP contribution >= 0.6 is 11.6 Å². The Morgan fingerprint density at radius 1 is 1.12 bits per heavy atom. The molecule has 0 bridgehead atoms. The van der Waals surface area contributed by atoms with Crippen LogP contribution in [0.25, 0.3) is 0 Å². The van der Waals surface area contributed by atoms with Gasteiger partial charge < -0.3 is 14.8 Å². The number of nitrogens with zero attached hydrogens (tertiary/aromatic N) is 2. The van der Waals surface area contributed by atoms with E-state index < -0.39 is 62.6 Å². The third kappa shape index (κ3) is 6.17. The highest BCUT2D eigenvalue weighted by molar-refractivity contribution is 7.91. The first-order valence-electron chi connectivity index (χ1n) is 14.2. The lowest BCUT2D eigenvalue weighted by Crippen LogP contribution is -2.57. The number of ether oxygens (including phenoxy) is 2. The maximum atomic E-state index is 13.7. The monoisotopic (exact) mass is 624 g/mol. The Bertz CT molecular complexity index is 1410. The molecule has 14 heteroatoms. The molecule has 1 aromatic carbocycles. The number of hydrogen-bond acceptors (Lipinski definition) is 8. The quantitative estimate of drug-likeness (QED) is 0.470. The van der Waals surface area contributed by atoms with E-state index in [2.05, 4.69) is 10.0 Å². The molecule has 1 saturated heterocycles. The molecule has 0 spiro atoms. The molecule has 230 valence electrons. The summed E-state index contributed by atoms with van der Waals surface area (Å²) in [7, 11) is -3.82. The van der Waals surface area contributed by atoms with Crippen LogP contribution in [-0.2, 0) is 42.2 Å². The highest BCUT2D eigenvalue weighted by Crippen LogP contribution is 2.47. The Balaban J connectivity index is 1.29. The van der Waals surface area contributed by atoms with Crippen LogP contribution in [-0.4, -0.2) is 77.3 Å². The number of hydrogen-bond donors (Lipinski definition) is 2. The Morgan fingerprint density at radius 3 is 2.43 bits per heavy atom. The number of carbonyl (C=O) groups excluding carboxylic acids is 4. The fraction of sp³-hybridized carbons (Fsp3) is 0.643. The molecular weight excluding hydrogens is 588 g/mol. The molecule has 2 N–H and O–H groups in total. The summed E-state index contributed by atoms with van der Waals surface area (Å²) in [5.41, 5.74) is -0.490. The Hall–Kier alpha value is -3.06. The standard InChI is InChI=1S/C28H37ClN4O8S/c1-5-17-12-28(17,24(35)31-42(38,39)19-9-10-19)30-23(34)22-11-18(14-33(22)26(37)41-27(2,3)4)40-25(36)32-13-16-7-6-8-21(29)20(16)15-32/h6-8,17-19,22H,5,9-15H2,1-4H3,(H,30,34)(H,31,35). The molecular formula is C28H37ClN4O8S. The van der Waals surface area contributed by atoms with E-state index in [0.717, 1.165) is 11.1 Å². The molecule has 0 radical (unpaired) electrons. The summed E-state index contributed by atoms with van der Waals surface area (Å²) in [5.74, 6) is -1.68. The van der Waals surface area contributed by atoms with Crippen LogP contribution in [0.2, 0.25) is 5.02 Å². The number of carbonyl (C=O) groups is 4. The van der Waals surface area contributed by atoms with Crippen LogP contribution in [0.5, 0.6) is 0 Å². The largest absolute Gasteiger partial charge is 0.444 e. The third-order valence-electron chi connectivity index (χ3n) is 8.19. The molecule has 4 atom stereocenters. The van der Waals surface area contributed by atoms with Gasteiger partial charge in [-0.05, 0) is 63.1 Å². The summed E-state index contributed by atoms with van der Waals surface area (Å²) in [6.45, 7) is 7.44. The molecule has 2 heterocycles. The van der Waals surface area contributed by atoms with Crippen molar-refractivity contribution >= 4 is 45.6 Å². The van der Waals surface area contributed by atoms with E-state index in [1.807, 2.05) is 19.1 Å². The highest BCUT2D eigenvalue weighted by Gasteiger charge is 2.62. The molecule has 4 amide bonds. The van der Waals surface area contributed by atoms with E-state index in [4.69, 9.17) is 21.1 Å². The van der Waals surface area contributed by atoms with Gasteiger partial charge in [0.15, 0.2) is 0 Å². The van der Waals surface area contributed by atoms with Crippen molar-refractivity contribution in [2.75, 3.05) is 6.54 Å². The molecule has 0 aromatic heterocycles. The molecule has 4 aliphatic rings. The first-order chi connectivity index (χ1) is 19.6. The van der Waals surface area contributed by atoms with Crippen LogP contribution in [0.4, 0.5) is 9.59 Å². The second-order valence-electron chi connectivity index (χ2n) is 12.6. The van der Waals surface area contributed by atoms with Crippen molar-refractivity contribution in [2.45, 2.75) is 101 Å². The van der Waals surface area contributed by atoms with Gasteiger partial charge in [0.1, 0.15) is 23.3 Å². The number of fused-ring (bicyclic) bond motifs is 1. The van der Waals surface area contributed by atoms with Crippen LogP contribution in [0.1, 0.15) is 70.9 Å². The topological polar surface area (TPSA) is 151 Å². The van der Waals surface area contributed by atoms with E-state index in [9.17, 15) is 27.6 Å². The molecule has 4 unspecified atom stereocenters. The van der Waals surface area contributed by atoms with Crippen LogP contribution < -0.4 is 10.0 Å². The van der Waals surface area contributed by atoms with E-state index in [-0.39, 0.29) is 31.8 Å². The van der Waals surface area contributed by atoms with Crippen molar-refractivity contribution in [3.63, 3.8) is 0 Å². The minimum absolute atomic E-state index is 0.0206. The Kier molecular flexibility index (Phi) is 7.88. The van der Waals surface area contributed by atoms with E-state index in [1.54, 1.807) is 26.8 Å². The summed E-state index contributed by atoms with van der Waals surface area (Å²) >= 11 is 6.28. The molecule has 5 rings (SSSR count). The van der Waals surface area contributed by atoms with Gasteiger partial charge in [0.25, 0.3) is 5.91 Å². The number of sulfonamides is 1. The van der Waals surface area contributed by atoms with Crippen molar-refractivity contribution in [1.29, 1.82) is 0 Å². The summed E-state index contributed by atoms with van der Waals surface area (Å²) in [6, 6.07) is 4.35. The number of halogens is 1. The van der Waals surface area contributed by atoms with Gasteiger partial charge in [-0.15, -0.1) is 0 Å².